The van der Waals surface area contributed by atoms with Gasteiger partial charge in [-0.15, -0.1) is 12.6 Å². The van der Waals surface area contributed by atoms with Crippen LogP contribution in [0.15, 0.2) is 59.7 Å². The van der Waals surface area contributed by atoms with Gasteiger partial charge in [0, 0.05) is 17.8 Å². The molecule has 0 amide bonds. The largest absolute Gasteiger partial charge is 0.416 e. The minimum absolute atomic E-state index is 0.406. The van der Waals surface area contributed by atoms with E-state index >= 15 is 0 Å². The monoisotopic (exact) mass is 351 g/mol. The van der Waals surface area contributed by atoms with Gasteiger partial charge in [-0.05, 0) is 25.1 Å². The van der Waals surface area contributed by atoms with E-state index in [4.69, 9.17) is 0 Å². The second kappa shape index (κ2) is 6.39. The molecular formula is C17H16F3N3S. The first-order valence-corrected chi connectivity index (χ1v) is 7.98. The van der Waals surface area contributed by atoms with Gasteiger partial charge in [-0.3, -0.25) is 9.91 Å². The van der Waals surface area contributed by atoms with E-state index in [1.807, 2.05) is 37.3 Å². The number of hydrogen-bond acceptors (Lipinski definition) is 4. The topological polar surface area (TPSA) is 18.8 Å². The number of benzene rings is 2. The lowest BCUT2D eigenvalue weighted by molar-refractivity contribution is -0.137. The van der Waals surface area contributed by atoms with Crippen molar-refractivity contribution in [1.82, 2.24) is 5.01 Å². The van der Waals surface area contributed by atoms with E-state index in [9.17, 15) is 13.2 Å². The Labute approximate surface area is 143 Å². The molecule has 0 spiro atoms. The maximum Gasteiger partial charge on any atom is 0.416 e. The normalized spacial score (nSPS) is 18.0. The number of alkyl halides is 3. The summed E-state index contributed by atoms with van der Waals surface area (Å²) in [5, 5.41) is 6.25. The lowest BCUT2D eigenvalue weighted by atomic mass is 10.1. The van der Waals surface area contributed by atoms with Gasteiger partial charge < -0.3 is 0 Å². The molecular weight excluding hydrogens is 335 g/mol. The molecule has 2 aromatic rings. The molecule has 24 heavy (non-hydrogen) atoms. The van der Waals surface area contributed by atoms with Crippen LogP contribution in [-0.2, 0) is 6.18 Å². The van der Waals surface area contributed by atoms with Gasteiger partial charge in [0.1, 0.15) is 0 Å². The number of hydrazone groups is 1. The number of hydrogen-bond donors (Lipinski definition) is 1. The molecule has 1 unspecified atom stereocenters. The van der Waals surface area contributed by atoms with E-state index in [0.29, 0.717) is 18.1 Å². The highest BCUT2D eigenvalue weighted by atomic mass is 32.1. The van der Waals surface area contributed by atoms with Crippen LogP contribution in [0.1, 0.15) is 18.1 Å². The SMILES string of the molecule is CCN1N=C(c2ccccc2)N(c2cccc(C(F)(F)F)c2)C1S. The molecule has 1 heterocycles. The second-order valence-electron chi connectivity index (χ2n) is 5.31. The summed E-state index contributed by atoms with van der Waals surface area (Å²) in [5.41, 5.74) is 0.0740. The van der Waals surface area contributed by atoms with Gasteiger partial charge in [0.2, 0.25) is 0 Å². The molecule has 3 rings (SSSR count). The van der Waals surface area contributed by atoms with Crippen molar-refractivity contribution in [3.63, 3.8) is 0 Å². The summed E-state index contributed by atoms with van der Waals surface area (Å²) in [4.78, 5) is 1.71. The predicted molar refractivity (Wildman–Crippen MR) is 92.1 cm³/mol. The summed E-state index contributed by atoms with van der Waals surface area (Å²) in [5.74, 6) is 0.580. The van der Waals surface area contributed by atoms with Crippen molar-refractivity contribution in [1.29, 1.82) is 0 Å². The van der Waals surface area contributed by atoms with Crippen LogP contribution in [0.3, 0.4) is 0 Å². The molecule has 2 aromatic carbocycles. The lowest BCUT2D eigenvalue weighted by Crippen LogP contribution is -2.38. The molecule has 0 aliphatic carbocycles. The van der Waals surface area contributed by atoms with E-state index in [1.165, 1.54) is 6.07 Å². The standard InChI is InChI=1S/C17H16F3N3S/c1-2-22-16(24)23(15(21-22)12-7-4-3-5-8-12)14-10-6-9-13(11-14)17(18,19)20/h3-11,16,24H,2H2,1H3. The fraction of sp³-hybridized carbons (Fsp3) is 0.235. The van der Waals surface area contributed by atoms with Gasteiger partial charge in [0.25, 0.3) is 0 Å². The summed E-state index contributed by atoms with van der Waals surface area (Å²) < 4.78 is 39.1. The Kier molecular flexibility index (Phi) is 4.45. The average molecular weight is 351 g/mol. The molecule has 3 nitrogen and oxygen atoms in total. The van der Waals surface area contributed by atoms with Crippen molar-refractivity contribution < 1.29 is 13.2 Å². The molecule has 0 fully saturated rings. The highest BCUT2D eigenvalue weighted by Crippen LogP contribution is 2.35. The fourth-order valence-corrected chi connectivity index (χ4v) is 3.03. The van der Waals surface area contributed by atoms with E-state index in [0.717, 1.165) is 17.7 Å². The minimum atomic E-state index is -4.39. The van der Waals surface area contributed by atoms with Gasteiger partial charge in [-0.1, -0.05) is 36.4 Å². The van der Waals surface area contributed by atoms with Crippen LogP contribution >= 0.6 is 12.6 Å². The van der Waals surface area contributed by atoms with Crippen molar-refractivity contribution in [2.75, 3.05) is 11.4 Å². The summed E-state index contributed by atoms with van der Waals surface area (Å²) in [6.07, 6.45) is -4.39. The van der Waals surface area contributed by atoms with Gasteiger partial charge in [0.05, 0.1) is 5.56 Å². The first kappa shape index (κ1) is 16.7. The van der Waals surface area contributed by atoms with E-state index in [1.54, 1.807) is 16.0 Å². The third kappa shape index (κ3) is 3.08. The van der Waals surface area contributed by atoms with Crippen LogP contribution in [0.2, 0.25) is 0 Å². The van der Waals surface area contributed by atoms with E-state index in [2.05, 4.69) is 17.7 Å². The smallest absolute Gasteiger partial charge is 0.293 e. The van der Waals surface area contributed by atoms with Crippen LogP contribution in [0.4, 0.5) is 18.9 Å². The molecule has 1 atom stereocenters. The quantitative estimate of drug-likeness (QED) is 0.826. The predicted octanol–water partition coefficient (Wildman–Crippen LogP) is 4.42. The first-order valence-electron chi connectivity index (χ1n) is 7.47. The van der Waals surface area contributed by atoms with Crippen molar-refractivity contribution in [3.05, 3.63) is 65.7 Å². The van der Waals surface area contributed by atoms with Crippen LogP contribution in [0.25, 0.3) is 0 Å². The highest BCUT2D eigenvalue weighted by molar-refractivity contribution is 7.81. The molecule has 126 valence electrons. The van der Waals surface area contributed by atoms with Gasteiger partial charge in [0.15, 0.2) is 11.3 Å². The highest BCUT2D eigenvalue weighted by Gasteiger charge is 2.35. The Bertz CT molecular complexity index is 746. The number of nitrogens with zero attached hydrogens (tertiary/aromatic N) is 3. The molecule has 0 bridgehead atoms. The molecule has 0 saturated carbocycles. The van der Waals surface area contributed by atoms with Gasteiger partial charge in [-0.2, -0.15) is 18.3 Å². The van der Waals surface area contributed by atoms with Crippen molar-refractivity contribution in [2.24, 2.45) is 5.10 Å². The molecule has 1 aliphatic heterocycles. The van der Waals surface area contributed by atoms with Crippen LogP contribution in [0, 0.1) is 0 Å². The number of halogens is 3. The number of amidine groups is 1. The van der Waals surface area contributed by atoms with Crippen LogP contribution in [-0.4, -0.2) is 22.9 Å². The fourth-order valence-electron chi connectivity index (χ4n) is 2.57. The van der Waals surface area contributed by atoms with E-state index < -0.39 is 17.2 Å². The Morgan fingerprint density at radius 1 is 1.08 bits per heavy atom. The van der Waals surface area contributed by atoms with Crippen LogP contribution < -0.4 is 4.90 Å². The third-order valence-electron chi connectivity index (χ3n) is 3.76. The van der Waals surface area contributed by atoms with E-state index in [-0.39, 0.29) is 0 Å². The first-order chi connectivity index (χ1) is 11.4. The number of thiol groups is 1. The maximum absolute atomic E-state index is 13.0. The molecule has 0 saturated heterocycles. The molecule has 0 radical (unpaired) electrons. The average Bonchev–Trinajstić information content (AvgIpc) is 2.91. The summed E-state index contributed by atoms with van der Waals surface area (Å²) in [7, 11) is 0. The number of rotatable bonds is 3. The lowest BCUT2D eigenvalue weighted by Gasteiger charge is -2.28. The summed E-state index contributed by atoms with van der Waals surface area (Å²) >= 11 is 4.55. The summed E-state index contributed by atoms with van der Waals surface area (Å²) in [6.45, 7) is 2.52. The number of anilines is 1. The third-order valence-corrected chi connectivity index (χ3v) is 4.25. The molecule has 0 N–H and O–H groups in total. The molecule has 7 heteroatoms. The second-order valence-corrected chi connectivity index (χ2v) is 5.77. The maximum atomic E-state index is 13.0. The van der Waals surface area contributed by atoms with Gasteiger partial charge in [-0.25, -0.2) is 0 Å². The Balaban J connectivity index is 2.06. The zero-order valence-corrected chi connectivity index (χ0v) is 13.8. The Hall–Kier alpha value is -2.15. The van der Waals surface area contributed by atoms with Crippen LogP contribution in [0.5, 0.6) is 0 Å². The zero-order chi connectivity index (χ0) is 17.3. The zero-order valence-electron chi connectivity index (χ0n) is 12.9. The molecule has 1 aliphatic rings. The Morgan fingerprint density at radius 3 is 2.42 bits per heavy atom. The summed E-state index contributed by atoms with van der Waals surface area (Å²) in [6, 6.07) is 14.6. The molecule has 0 aromatic heterocycles. The van der Waals surface area contributed by atoms with Crippen molar-refractivity contribution >= 4 is 24.2 Å². The van der Waals surface area contributed by atoms with Crippen molar-refractivity contribution in [2.45, 2.75) is 18.6 Å². The van der Waals surface area contributed by atoms with Crippen molar-refractivity contribution in [3.8, 4) is 0 Å². The minimum Gasteiger partial charge on any atom is -0.293 e. The van der Waals surface area contributed by atoms with Gasteiger partial charge >= 0.3 is 6.18 Å². The Morgan fingerprint density at radius 2 is 1.79 bits per heavy atom.